The van der Waals surface area contributed by atoms with E-state index < -0.39 is 46.0 Å². The predicted molar refractivity (Wildman–Crippen MR) is 231 cm³/mol. The molecule has 0 aliphatic carbocycles. The fourth-order valence-corrected chi connectivity index (χ4v) is 9.01. The monoisotopic (exact) mass is 774 g/mol. The Balaban J connectivity index is 1.31. The molecular formula is C50H30O9. The number of fused-ring (bicyclic) bond motifs is 8. The van der Waals surface area contributed by atoms with Crippen molar-refractivity contribution in [2.75, 3.05) is 0 Å². The highest BCUT2D eigenvalue weighted by atomic mass is 16.4. The second kappa shape index (κ2) is 12.1. The zero-order chi connectivity index (χ0) is 40.4. The van der Waals surface area contributed by atoms with E-state index in [4.69, 9.17) is 4.42 Å². The predicted octanol–water partition coefficient (Wildman–Crippen LogP) is 12.0. The van der Waals surface area contributed by atoms with Crippen molar-refractivity contribution in [3.63, 3.8) is 0 Å². The van der Waals surface area contributed by atoms with E-state index >= 15 is 0 Å². The molecule has 0 aliphatic heterocycles. The summed E-state index contributed by atoms with van der Waals surface area (Å²) in [7, 11) is 0. The van der Waals surface area contributed by atoms with Crippen molar-refractivity contribution in [1.29, 1.82) is 0 Å². The molecule has 0 atom stereocenters. The van der Waals surface area contributed by atoms with Crippen molar-refractivity contribution in [3.8, 4) is 79.4 Å². The number of hydrogen-bond donors (Lipinski definition) is 8. The molecule has 1 aromatic heterocycles. The second-order valence-electron chi connectivity index (χ2n) is 14.8. The summed E-state index contributed by atoms with van der Waals surface area (Å²) in [5.74, 6) is -7.52. The first-order chi connectivity index (χ1) is 28.6. The smallest absolute Gasteiger partial charge is 0.204 e. The summed E-state index contributed by atoms with van der Waals surface area (Å²) >= 11 is 0. The molecule has 0 amide bonds. The fourth-order valence-electron chi connectivity index (χ4n) is 9.01. The number of aromatic hydroxyl groups is 8. The molecule has 284 valence electrons. The van der Waals surface area contributed by atoms with Crippen LogP contribution in [0, 0.1) is 0 Å². The van der Waals surface area contributed by atoms with E-state index in [2.05, 4.69) is 0 Å². The van der Waals surface area contributed by atoms with E-state index in [9.17, 15) is 40.9 Å². The Labute approximate surface area is 333 Å². The highest BCUT2D eigenvalue weighted by Gasteiger charge is 2.33. The van der Waals surface area contributed by atoms with Crippen molar-refractivity contribution < 1.29 is 45.3 Å². The van der Waals surface area contributed by atoms with E-state index in [-0.39, 0.29) is 32.7 Å². The first kappa shape index (κ1) is 34.0. The lowest BCUT2D eigenvalue weighted by molar-refractivity contribution is 0.350. The molecule has 9 heteroatoms. The van der Waals surface area contributed by atoms with Crippen molar-refractivity contribution in [3.05, 3.63) is 133 Å². The third-order valence-corrected chi connectivity index (χ3v) is 11.7. The molecular weight excluding hydrogens is 745 g/mol. The maximum Gasteiger partial charge on any atom is 0.204 e. The molecule has 11 aromatic rings. The van der Waals surface area contributed by atoms with Crippen molar-refractivity contribution in [2.45, 2.75) is 0 Å². The van der Waals surface area contributed by atoms with Gasteiger partial charge >= 0.3 is 0 Å². The van der Waals surface area contributed by atoms with Gasteiger partial charge in [0.25, 0.3) is 0 Å². The van der Waals surface area contributed by atoms with Gasteiger partial charge in [-0.2, -0.15) is 0 Å². The largest absolute Gasteiger partial charge is 0.504 e. The number of benzene rings is 10. The van der Waals surface area contributed by atoms with E-state index in [0.29, 0.717) is 33.1 Å². The van der Waals surface area contributed by atoms with Crippen LogP contribution in [0.25, 0.3) is 109 Å². The third kappa shape index (κ3) is 4.61. The first-order valence-corrected chi connectivity index (χ1v) is 18.7. The molecule has 1 heterocycles. The molecule has 0 fully saturated rings. The Morgan fingerprint density at radius 1 is 0.288 bits per heavy atom. The van der Waals surface area contributed by atoms with Gasteiger partial charge in [-0.05, 0) is 78.8 Å². The zero-order valence-electron chi connectivity index (χ0n) is 30.7. The number of hydrogen-bond acceptors (Lipinski definition) is 9. The molecule has 9 nitrogen and oxygen atoms in total. The molecule has 0 unspecified atom stereocenters. The normalized spacial score (nSPS) is 11.9. The van der Waals surface area contributed by atoms with Crippen molar-refractivity contribution in [1.82, 2.24) is 0 Å². The van der Waals surface area contributed by atoms with Gasteiger partial charge in [0.1, 0.15) is 11.2 Å². The maximum absolute atomic E-state index is 11.9. The lowest BCUT2D eigenvalue weighted by Gasteiger charge is -2.23. The molecule has 0 aliphatic rings. The minimum Gasteiger partial charge on any atom is -0.504 e. The van der Waals surface area contributed by atoms with Gasteiger partial charge in [0.05, 0.1) is 0 Å². The van der Waals surface area contributed by atoms with Crippen LogP contribution in [-0.2, 0) is 0 Å². The molecule has 10 aromatic carbocycles. The molecule has 0 saturated heterocycles. The Hall–Kier alpha value is -8.30. The summed E-state index contributed by atoms with van der Waals surface area (Å²) < 4.78 is 6.24. The van der Waals surface area contributed by atoms with Crippen LogP contribution in [0.4, 0.5) is 0 Å². The third-order valence-electron chi connectivity index (χ3n) is 11.7. The highest BCUT2D eigenvalue weighted by Crippen LogP contribution is 2.62. The van der Waals surface area contributed by atoms with Crippen LogP contribution in [0.5, 0.6) is 46.0 Å². The van der Waals surface area contributed by atoms with Crippen LogP contribution in [0.15, 0.2) is 138 Å². The SMILES string of the molecule is Oc1c(O)c(O)c2c(-c3ccc(-c4cccc5ccccc45)c4ccccc34)c3c(O)c(O)c(O)c(O)c3c(-c3ccc4oc5cc6ccccc6cc5c4c3)c2c1O. The van der Waals surface area contributed by atoms with Crippen LogP contribution < -0.4 is 0 Å². The topological polar surface area (TPSA) is 175 Å². The lowest BCUT2D eigenvalue weighted by Crippen LogP contribution is -1.95. The van der Waals surface area contributed by atoms with Crippen molar-refractivity contribution >= 4 is 75.8 Å². The van der Waals surface area contributed by atoms with Gasteiger partial charge in [0, 0.05) is 43.4 Å². The molecule has 59 heavy (non-hydrogen) atoms. The van der Waals surface area contributed by atoms with Gasteiger partial charge in [-0.15, -0.1) is 0 Å². The average molecular weight is 775 g/mol. The highest BCUT2D eigenvalue weighted by molar-refractivity contribution is 6.31. The van der Waals surface area contributed by atoms with Gasteiger partial charge in [0.2, 0.25) is 23.0 Å². The van der Waals surface area contributed by atoms with Crippen LogP contribution >= 0.6 is 0 Å². The van der Waals surface area contributed by atoms with Gasteiger partial charge in [-0.3, -0.25) is 0 Å². The summed E-state index contributed by atoms with van der Waals surface area (Å²) in [6.07, 6.45) is 0. The second-order valence-corrected chi connectivity index (χ2v) is 14.8. The van der Waals surface area contributed by atoms with Gasteiger partial charge in [-0.25, -0.2) is 0 Å². The number of phenols is 8. The molecule has 0 bridgehead atoms. The quantitative estimate of drug-likeness (QED) is 0.0493. The Kier molecular flexibility index (Phi) is 6.97. The maximum atomic E-state index is 11.9. The minimum absolute atomic E-state index is 0.0214. The lowest BCUT2D eigenvalue weighted by atomic mass is 9.81. The van der Waals surface area contributed by atoms with Crippen LogP contribution in [0.1, 0.15) is 0 Å². The van der Waals surface area contributed by atoms with Gasteiger partial charge in [0.15, 0.2) is 23.0 Å². The molecule has 8 N–H and O–H groups in total. The average Bonchev–Trinajstić information content (AvgIpc) is 3.62. The summed E-state index contributed by atoms with van der Waals surface area (Å²) in [5.41, 5.74) is 3.51. The molecule has 0 radical (unpaired) electrons. The van der Waals surface area contributed by atoms with Crippen LogP contribution in [0.2, 0.25) is 0 Å². The summed E-state index contributed by atoms with van der Waals surface area (Å²) in [6.45, 7) is 0. The van der Waals surface area contributed by atoms with Crippen molar-refractivity contribution in [2.24, 2.45) is 0 Å². The van der Waals surface area contributed by atoms with E-state index in [1.165, 1.54) is 0 Å². The van der Waals surface area contributed by atoms with Crippen LogP contribution in [-0.4, -0.2) is 40.9 Å². The number of rotatable bonds is 3. The standard InChI is InChI=1S/C50H30O9/c51-43-39-37(26-16-19-35-33(21-26)34-20-24-9-1-2-10-25(24)22-36(34)59-35)40-42(46(54)50(58)48(56)44(40)52)38(41(39)45(53)49(57)47(43)55)32-18-17-31(29-13-5-6-14-30(29)32)28-15-7-11-23-8-3-4-12-27(23)28/h1-22,51-58H. The molecule has 0 spiro atoms. The zero-order valence-corrected chi connectivity index (χ0v) is 30.7. The Morgan fingerprint density at radius 3 is 1.37 bits per heavy atom. The Morgan fingerprint density at radius 2 is 0.746 bits per heavy atom. The summed E-state index contributed by atoms with van der Waals surface area (Å²) in [6, 6.07) is 41.8. The molecule has 11 rings (SSSR count). The fraction of sp³-hybridized carbons (Fsp3) is 0. The van der Waals surface area contributed by atoms with E-state index in [1.54, 1.807) is 24.3 Å². The first-order valence-electron chi connectivity index (χ1n) is 18.7. The Bertz CT molecular complexity index is 3570. The van der Waals surface area contributed by atoms with Crippen LogP contribution in [0.3, 0.4) is 0 Å². The van der Waals surface area contributed by atoms with E-state index in [0.717, 1.165) is 43.4 Å². The molecule has 0 saturated carbocycles. The summed E-state index contributed by atoms with van der Waals surface area (Å²) in [5, 5.41) is 98.1. The number of phenolic OH excluding ortho intramolecular Hbond substituents is 8. The minimum atomic E-state index is -1.04. The van der Waals surface area contributed by atoms with Gasteiger partial charge in [-0.1, -0.05) is 109 Å². The van der Waals surface area contributed by atoms with Gasteiger partial charge < -0.3 is 45.3 Å². The number of furan rings is 1. The van der Waals surface area contributed by atoms with E-state index in [1.807, 2.05) is 109 Å². The summed E-state index contributed by atoms with van der Waals surface area (Å²) in [4.78, 5) is 0.